The average molecular weight is 364 g/mol. The lowest BCUT2D eigenvalue weighted by Gasteiger charge is -2.15. The van der Waals surface area contributed by atoms with Crippen LogP contribution in [-0.4, -0.2) is 40.7 Å². The van der Waals surface area contributed by atoms with Crippen LogP contribution in [0.2, 0.25) is 0 Å². The molecule has 1 aromatic carbocycles. The van der Waals surface area contributed by atoms with Crippen LogP contribution in [0.1, 0.15) is 17.7 Å². The highest BCUT2D eigenvalue weighted by atomic mass is 16.3. The number of amides is 1. The molecule has 1 amide bonds. The van der Waals surface area contributed by atoms with E-state index in [-0.39, 0.29) is 11.8 Å². The number of nitrogens with one attached hydrogen (secondary N) is 1. The van der Waals surface area contributed by atoms with E-state index >= 15 is 0 Å². The molecule has 0 spiro atoms. The van der Waals surface area contributed by atoms with Gasteiger partial charge in [-0.2, -0.15) is 5.10 Å². The third-order valence-electron chi connectivity index (χ3n) is 5.07. The summed E-state index contributed by atoms with van der Waals surface area (Å²) in [6, 6.07) is 14.0. The van der Waals surface area contributed by atoms with Crippen LogP contribution in [0.5, 0.6) is 0 Å². The number of likely N-dealkylation sites (tertiary alicyclic amines) is 1. The third kappa shape index (κ3) is 3.66. The molecule has 0 saturated carbocycles. The van der Waals surface area contributed by atoms with Crippen LogP contribution in [-0.2, 0) is 11.3 Å². The molecule has 1 aliphatic rings. The van der Waals surface area contributed by atoms with Crippen LogP contribution in [0.4, 0.5) is 0 Å². The van der Waals surface area contributed by atoms with E-state index in [9.17, 15) is 4.79 Å². The zero-order valence-corrected chi connectivity index (χ0v) is 15.7. The molecule has 6 nitrogen and oxygen atoms in total. The van der Waals surface area contributed by atoms with Gasteiger partial charge in [-0.1, -0.05) is 18.2 Å². The fourth-order valence-electron chi connectivity index (χ4n) is 3.64. The van der Waals surface area contributed by atoms with Crippen molar-refractivity contribution < 1.29 is 9.21 Å². The minimum Gasteiger partial charge on any atom is -0.460 e. The molecule has 1 saturated heterocycles. The second kappa shape index (κ2) is 7.40. The van der Waals surface area contributed by atoms with E-state index in [1.807, 2.05) is 54.1 Å². The lowest BCUT2D eigenvalue weighted by Crippen LogP contribution is -2.30. The Bertz CT molecular complexity index is 929. The lowest BCUT2D eigenvalue weighted by molar-refractivity contribution is -0.124. The van der Waals surface area contributed by atoms with E-state index in [0.717, 1.165) is 54.5 Å². The summed E-state index contributed by atoms with van der Waals surface area (Å²) < 4.78 is 7.74. The van der Waals surface area contributed by atoms with Crippen LogP contribution in [0, 0.1) is 12.8 Å². The Labute approximate surface area is 158 Å². The van der Waals surface area contributed by atoms with E-state index in [4.69, 9.17) is 9.52 Å². The highest BCUT2D eigenvalue weighted by molar-refractivity contribution is 5.78. The first-order valence-electron chi connectivity index (χ1n) is 9.29. The van der Waals surface area contributed by atoms with E-state index in [1.165, 1.54) is 0 Å². The predicted molar refractivity (Wildman–Crippen MR) is 103 cm³/mol. The number of benzene rings is 1. The van der Waals surface area contributed by atoms with Gasteiger partial charge in [0.1, 0.15) is 11.5 Å². The molecular weight excluding hydrogens is 340 g/mol. The van der Waals surface area contributed by atoms with Crippen molar-refractivity contribution in [2.45, 2.75) is 19.9 Å². The second-order valence-electron chi connectivity index (χ2n) is 7.03. The largest absolute Gasteiger partial charge is 0.460 e. The van der Waals surface area contributed by atoms with Gasteiger partial charge in [0, 0.05) is 31.9 Å². The van der Waals surface area contributed by atoms with E-state index in [2.05, 4.69) is 16.4 Å². The summed E-state index contributed by atoms with van der Waals surface area (Å²) in [5.41, 5.74) is 2.97. The number of rotatable bonds is 5. The molecule has 2 aromatic heterocycles. The summed E-state index contributed by atoms with van der Waals surface area (Å²) in [7, 11) is 1.70. The maximum absolute atomic E-state index is 11.9. The van der Waals surface area contributed by atoms with Crippen molar-refractivity contribution in [2.75, 3.05) is 20.1 Å². The van der Waals surface area contributed by atoms with Crippen molar-refractivity contribution in [3.63, 3.8) is 0 Å². The van der Waals surface area contributed by atoms with Crippen molar-refractivity contribution >= 4 is 5.91 Å². The van der Waals surface area contributed by atoms with Gasteiger partial charge in [-0.05, 0) is 44.2 Å². The zero-order valence-electron chi connectivity index (χ0n) is 15.7. The molecule has 3 aromatic rings. The minimum absolute atomic E-state index is 0.0634. The van der Waals surface area contributed by atoms with Crippen LogP contribution in [0.3, 0.4) is 0 Å². The second-order valence-corrected chi connectivity index (χ2v) is 7.03. The molecule has 1 aliphatic heterocycles. The normalized spacial score (nSPS) is 17.3. The number of aryl methyl sites for hydroxylation is 1. The lowest BCUT2D eigenvalue weighted by atomic mass is 10.1. The van der Waals surface area contributed by atoms with Gasteiger partial charge in [0.2, 0.25) is 5.91 Å². The number of carbonyl (C=O) groups excluding carboxylic acids is 1. The Morgan fingerprint density at radius 1 is 1.26 bits per heavy atom. The van der Waals surface area contributed by atoms with Gasteiger partial charge in [-0.15, -0.1) is 0 Å². The zero-order chi connectivity index (χ0) is 18.8. The monoisotopic (exact) mass is 364 g/mol. The first-order valence-corrected chi connectivity index (χ1v) is 9.29. The highest BCUT2D eigenvalue weighted by Crippen LogP contribution is 2.28. The first kappa shape index (κ1) is 17.5. The van der Waals surface area contributed by atoms with Gasteiger partial charge in [0.05, 0.1) is 11.6 Å². The van der Waals surface area contributed by atoms with Gasteiger partial charge < -0.3 is 9.73 Å². The van der Waals surface area contributed by atoms with Crippen molar-refractivity contribution in [1.29, 1.82) is 0 Å². The maximum atomic E-state index is 11.9. The molecule has 0 radical (unpaired) electrons. The van der Waals surface area contributed by atoms with Crippen molar-refractivity contribution in [2.24, 2.45) is 5.92 Å². The SMILES string of the molecule is CNC(=O)[C@H]1CCN(Cc2cn(-c3ccccc3)nc2-c2ccc(C)o2)C1. The Morgan fingerprint density at radius 2 is 2.07 bits per heavy atom. The molecule has 27 heavy (non-hydrogen) atoms. The van der Waals surface area contributed by atoms with Gasteiger partial charge in [0.25, 0.3) is 0 Å². The van der Waals surface area contributed by atoms with Crippen LogP contribution in [0.15, 0.2) is 53.1 Å². The molecule has 0 bridgehead atoms. The number of aromatic nitrogens is 2. The van der Waals surface area contributed by atoms with E-state index in [1.54, 1.807) is 7.05 Å². The number of hydrogen-bond acceptors (Lipinski definition) is 4. The molecule has 1 fully saturated rings. The van der Waals surface area contributed by atoms with Crippen molar-refractivity contribution in [1.82, 2.24) is 20.0 Å². The Hall–Kier alpha value is -2.86. The van der Waals surface area contributed by atoms with Crippen LogP contribution in [0.25, 0.3) is 17.1 Å². The Balaban J connectivity index is 1.63. The number of para-hydroxylation sites is 1. The summed E-state index contributed by atoms with van der Waals surface area (Å²) in [4.78, 5) is 14.2. The minimum atomic E-state index is 0.0634. The molecule has 0 unspecified atom stereocenters. The van der Waals surface area contributed by atoms with Crippen LogP contribution < -0.4 is 5.32 Å². The summed E-state index contributed by atoms with van der Waals surface area (Å²) in [5, 5.41) is 7.55. The Morgan fingerprint density at radius 3 is 2.78 bits per heavy atom. The molecule has 3 heterocycles. The summed E-state index contributed by atoms with van der Waals surface area (Å²) in [6.45, 7) is 4.36. The number of furan rings is 1. The van der Waals surface area contributed by atoms with E-state index in [0.29, 0.717) is 0 Å². The molecule has 0 aliphatic carbocycles. The number of carbonyl (C=O) groups is 1. The summed E-state index contributed by atoms with van der Waals surface area (Å²) in [5.74, 6) is 1.83. The summed E-state index contributed by atoms with van der Waals surface area (Å²) in [6.07, 6.45) is 2.96. The topological polar surface area (TPSA) is 63.3 Å². The Kier molecular flexibility index (Phi) is 4.81. The molecule has 140 valence electrons. The predicted octanol–water partition coefficient (Wildman–Crippen LogP) is 3.01. The van der Waals surface area contributed by atoms with Gasteiger partial charge in [-0.25, -0.2) is 4.68 Å². The van der Waals surface area contributed by atoms with E-state index < -0.39 is 0 Å². The number of hydrogen-bond donors (Lipinski definition) is 1. The fourth-order valence-corrected chi connectivity index (χ4v) is 3.64. The quantitative estimate of drug-likeness (QED) is 0.756. The molecule has 1 N–H and O–H groups in total. The van der Waals surface area contributed by atoms with Crippen molar-refractivity contribution in [3.8, 4) is 17.1 Å². The maximum Gasteiger partial charge on any atom is 0.224 e. The average Bonchev–Trinajstić information content (AvgIpc) is 3.42. The van der Waals surface area contributed by atoms with Gasteiger partial charge in [-0.3, -0.25) is 9.69 Å². The third-order valence-corrected chi connectivity index (χ3v) is 5.07. The molecule has 6 heteroatoms. The smallest absolute Gasteiger partial charge is 0.224 e. The standard InChI is InChI=1S/C21H24N4O2/c1-15-8-9-19(27-15)20-17(13-24-11-10-16(12-24)21(26)22-2)14-25(23-20)18-6-4-3-5-7-18/h3-9,14,16H,10-13H2,1-2H3,(H,22,26)/t16-/m0/s1. The molecular formula is C21H24N4O2. The van der Waals surface area contributed by atoms with Crippen LogP contribution >= 0.6 is 0 Å². The van der Waals surface area contributed by atoms with Gasteiger partial charge >= 0.3 is 0 Å². The fraction of sp³-hybridized carbons (Fsp3) is 0.333. The number of nitrogens with zero attached hydrogens (tertiary/aromatic N) is 3. The van der Waals surface area contributed by atoms with Crippen molar-refractivity contribution in [3.05, 3.63) is 60.0 Å². The first-order chi connectivity index (χ1) is 13.1. The molecule has 1 atom stereocenters. The van der Waals surface area contributed by atoms with Gasteiger partial charge in [0.15, 0.2) is 5.76 Å². The molecule has 4 rings (SSSR count). The highest BCUT2D eigenvalue weighted by Gasteiger charge is 2.28. The summed E-state index contributed by atoms with van der Waals surface area (Å²) >= 11 is 0.